The van der Waals surface area contributed by atoms with Crippen molar-refractivity contribution in [3.63, 3.8) is 0 Å². The fourth-order valence-electron chi connectivity index (χ4n) is 1.37. The molecular formula is C10H10BrClN2. The number of benzene rings is 1. The molecular weight excluding hydrogens is 263 g/mol. The van der Waals surface area contributed by atoms with Crippen molar-refractivity contribution in [1.29, 1.82) is 0 Å². The summed E-state index contributed by atoms with van der Waals surface area (Å²) in [6, 6.07) is 6.27. The van der Waals surface area contributed by atoms with Crippen molar-refractivity contribution in [3.8, 4) is 0 Å². The van der Waals surface area contributed by atoms with Crippen molar-refractivity contribution in [3.05, 3.63) is 33.3 Å². The molecule has 1 unspecified atom stereocenters. The van der Waals surface area contributed by atoms with E-state index in [-0.39, 0.29) is 0 Å². The molecule has 0 saturated carbocycles. The van der Waals surface area contributed by atoms with Gasteiger partial charge in [-0.1, -0.05) is 17.7 Å². The van der Waals surface area contributed by atoms with E-state index in [1.54, 1.807) is 0 Å². The zero-order valence-electron chi connectivity index (χ0n) is 7.72. The van der Waals surface area contributed by atoms with E-state index in [0.29, 0.717) is 11.1 Å². The summed E-state index contributed by atoms with van der Waals surface area (Å²) in [7, 11) is 0. The quantitative estimate of drug-likeness (QED) is 0.836. The number of nitrogens with zero attached hydrogens (tertiary/aromatic N) is 1. The second kappa shape index (κ2) is 3.91. The molecule has 1 aliphatic rings. The highest BCUT2D eigenvalue weighted by atomic mass is 79.9. The minimum absolute atomic E-state index is 0.424. The van der Waals surface area contributed by atoms with Crippen molar-refractivity contribution < 1.29 is 0 Å². The van der Waals surface area contributed by atoms with Crippen LogP contribution < -0.4 is 5.32 Å². The SMILES string of the molecule is CC1CN=C(c2ccc(Br)c(Cl)c2)N1. The highest BCUT2D eigenvalue weighted by molar-refractivity contribution is 9.10. The van der Waals surface area contributed by atoms with Gasteiger partial charge in [0.2, 0.25) is 0 Å². The minimum atomic E-state index is 0.424. The number of hydrogen-bond acceptors (Lipinski definition) is 2. The Morgan fingerprint density at radius 2 is 2.36 bits per heavy atom. The number of amidine groups is 1. The molecule has 0 saturated heterocycles. The van der Waals surface area contributed by atoms with Crippen molar-refractivity contribution in [1.82, 2.24) is 5.32 Å². The molecule has 2 rings (SSSR count). The largest absolute Gasteiger partial charge is 0.366 e. The van der Waals surface area contributed by atoms with Gasteiger partial charge in [-0.05, 0) is 35.0 Å². The molecule has 0 bridgehead atoms. The lowest BCUT2D eigenvalue weighted by Gasteiger charge is -2.06. The molecule has 74 valence electrons. The van der Waals surface area contributed by atoms with Gasteiger partial charge in [0.15, 0.2) is 0 Å². The molecule has 0 amide bonds. The Bertz CT molecular complexity index is 390. The van der Waals surface area contributed by atoms with Gasteiger partial charge in [-0.2, -0.15) is 0 Å². The minimum Gasteiger partial charge on any atom is -0.366 e. The molecule has 1 N–H and O–H groups in total. The lowest BCUT2D eigenvalue weighted by atomic mass is 10.2. The number of halogens is 2. The number of aliphatic imine (C=N–C) groups is 1. The summed E-state index contributed by atoms with van der Waals surface area (Å²) in [6.07, 6.45) is 0. The number of hydrogen-bond donors (Lipinski definition) is 1. The van der Waals surface area contributed by atoms with Gasteiger partial charge in [0.05, 0.1) is 11.6 Å². The van der Waals surface area contributed by atoms with Crippen LogP contribution in [0.4, 0.5) is 0 Å². The third kappa shape index (κ3) is 1.93. The Morgan fingerprint density at radius 1 is 1.57 bits per heavy atom. The first-order chi connectivity index (χ1) is 6.66. The van der Waals surface area contributed by atoms with E-state index in [1.165, 1.54) is 0 Å². The van der Waals surface area contributed by atoms with Gasteiger partial charge < -0.3 is 5.32 Å². The van der Waals surface area contributed by atoms with E-state index in [4.69, 9.17) is 11.6 Å². The molecule has 0 aromatic heterocycles. The molecule has 1 heterocycles. The maximum Gasteiger partial charge on any atom is 0.128 e. The Kier molecular flexibility index (Phi) is 2.79. The third-order valence-corrected chi connectivity index (χ3v) is 3.33. The normalized spacial score (nSPS) is 20.5. The van der Waals surface area contributed by atoms with E-state index in [1.807, 2.05) is 18.2 Å². The molecule has 0 radical (unpaired) electrons. The predicted molar refractivity (Wildman–Crippen MR) is 63.2 cm³/mol. The number of rotatable bonds is 1. The van der Waals surface area contributed by atoms with Crippen LogP contribution in [0.5, 0.6) is 0 Å². The van der Waals surface area contributed by atoms with E-state index in [0.717, 1.165) is 22.4 Å². The van der Waals surface area contributed by atoms with E-state index < -0.39 is 0 Å². The van der Waals surface area contributed by atoms with Gasteiger partial charge in [-0.3, -0.25) is 4.99 Å². The van der Waals surface area contributed by atoms with Crippen LogP contribution in [0.15, 0.2) is 27.7 Å². The van der Waals surface area contributed by atoms with Crippen LogP contribution in [0.3, 0.4) is 0 Å². The molecule has 1 aromatic carbocycles. The number of nitrogens with one attached hydrogen (secondary N) is 1. The Balaban J connectivity index is 2.30. The molecule has 0 aliphatic carbocycles. The lowest BCUT2D eigenvalue weighted by Crippen LogP contribution is -2.27. The first-order valence-corrected chi connectivity index (χ1v) is 5.60. The topological polar surface area (TPSA) is 24.4 Å². The summed E-state index contributed by atoms with van der Waals surface area (Å²) in [6.45, 7) is 2.94. The van der Waals surface area contributed by atoms with Crippen LogP contribution in [0.1, 0.15) is 12.5 Å². The fraction of sp³-hybridized carbons (Fsp3) is 0.300. The summed E-state index contributed by atoms with van der Waals surface area (Å²) < 4.78 is 0.912. The van der Waals surface area contributed by atoms with Gasteiger partial charge in [-0.15, -0.1) is 0 Å². The van der Waals surface area contributed by atoms with Crippen LogP contribution >= 0.6 is 27.5 Å². The Hall–Kier alpha value is -0.540. The van der Waals surface area contributed by atoms with Crippen molar-refractivity contribution in [2.24, 2.45) is 4.99 Å². The summed E-state index contributed by atoms with van der Waals surface area (Å²) >= 11 is 9.36. The van der Waals surface area contributed by atoms with E-state index in [9.17, 15) is 0 Å². The predicted octanol–water partition coefficient (Wildman–Crippen LogP) is 2.84. The lowest BCUT2D eigenvalue weighted by molar-refractivity contribution is 0.726. The Labute approximate surface area is 96.5 Å². The van der Waals surface area contributed by atoms with Crippen molar-refractivity contribution >= 4 is 33.4 Å². The molecule has 0 fully saturated rings. The monoisotopic (exact) mass is 272 g/mol. The standard InChI is InChI=1S/C10H10BrClN2/c1-6-5-13-10(14-6)7-2-3-8(11)9(12)4-7/h2-4,6H,5H2,1H3,(H,13,14). The second-order valence-electron chi connectivity index (χ2n) is 3.36. The first kappa shape index (κ1) is 9.99. The molecule has 2 nitrogen and oxygen atoms in total. The second-order valence-corrected chi connectivity index (χ2v) is 4.63. The van der Waals surface area contributed by atoms with Crippen LogP contribution in [0.25, 0.3) is 0 Å². The average Bonchev–Trinajstić information content (AvgIpc) is 2.57. The van der Waals surface area contributed by atoms with Crippen molar-refractivity contribution in [2.45, 2.75) is 13.0 Å². The van der Waals surface area contributed by atoms with E-state index >= 15 is 0 Å². The van der Waals surface area contributed by atoms with Crippen LogP contribution in [-0.2, 0) is 0 Å². The van der Waals surface area contributed by atoms with Gasteiger partial charge in [0, 0.05) is 16.1 Å². The molecule has 14 heavy (non-hydrogen) atoms. The summed E-state index contributed by atoms with van der Waals surface area (Å²) in [5, 5.41) is 4.01. The summed E-state index contributed by atoms with van der Waals surface area (Å²) in [4.78, 5) is 4.39. The summed E-state index contributed by atoms with van der Waals surface area (Å²) in [5.74, 6) is 0.937. The maximum absolute atomic E-state index is 6.00. The van der Waals surface area contributed by atoms with Gasteiger partial charge in [0.1, 0.15) is 5.84 Å². The zero-order valence-corrected chi connectivity index (χ0v) is 10.1. The van der Waals surface area contributed by atoms with Crippen molar-refractivity contribution in [2.75, 3.05) is 6.54 Å². The van der Waals surface area contributed by atoms with Gasteiger partial charge in [0.25, 0.3) is 0 Å². The smallest absolute Gasteiger partial charge is 0.128 e. The van der Waals surface area contributed by atoms with E-state index in [2.05, 4.69) is 33.2 Å². The van der Waals surface area contributed by atoms with Crippen LogP contribution in [0.2, 0.25) is 5.02 Å². The fourth-order valence-corrected chi connectivity index (χ4v) is 1.80. The molecule has 1 atom stereocenters. The van der Waals surface area contributed by atoms with Gasteiger partial charge >= 0.3 is 0 Å². The zero-order chi connectivity index (χ0) is 10.1. The Morgan fingerprint density at radius 3 is 2.93 bits per heavy atom. The highest BCUT2D eigenvalue weighted by Crippen LogP contribution is 2.23. The molecule has 0 spiro atoms. The van der Waals surface area contributed by atoms with Gasteiger partial charge in [-0.25, -0.2) is 0 Å². The molecule has 1 aliphatic heterocycles. The molecule has 1 aromatic rings. The maximum atomic E-state index is 6.00. The average molecular weight is 274 g/mol. The first-order valence-electron chi connectivity index (χ1n) is 4.43. The third-order valence-electron chi connectivity index (χ3n) is 2.10. The van der Waals surface area contributed by atoms with Crippen LogP contribution in [-0.4, -0.2) is 18.4 Å². The summed E-state index contributed by atoms with van der Waals surface area (Å²) in [5.41, 5.74) is 1.04. The molecule has 4 heteroatoms. The van der Waals surface area contributed by atoms with Crippen LogP contribution in [0, 0.1) is 0 Å². The highest BCUT2D eigenvalue weighted by Gasteiger charge is 2.14.